The van der Waals surface area contributed by atoms with Gasteiger partial charge in [0.2, 0.25) is 0 Å². The molecule has 2 nitrogen and oxygen atoms in total. The van der Waals surface area contributed by atoms with Crippen LogP contribution in [0, 0.1) is 5.92 Å². The summed E-state index contributed by atoms with van der Waals surface area (Å²) in [6.45, 7) is 1.87. The van der Waals surface area contributed by atoms with Crippen LogP contribution in [0.25, 0.3) is 0 Å². The fraction of sp³-hybridized carbons (Fsp3) is 0.538. The maximum Gasteiger partial charge on any atom is 0.0495 e. The van der Waals surface area contributed by atoms with Crippen molar-refractivity contribution < 1.29 is 4.74 Å². The average molecular weight is 205 g/mol. The molecule has 1 saturated heterocycles. The molecule has 0 aliphatic carbocycles. The summed E-state index contributed by atoms with van der Waals surface area (Å²) in [6, 6.07) is 10.5. The Hall–Kier alpha value is -0.860. The second kappa shape index (κ2) is 5.29. The van der Waals surface area contributed by atoms with Crippen molar-refractivity contribution in [2.75, 3.05) is 13.2 Å². The number of rotatable bonds is 4. The summed E-state index contributed by atoms with van der Waals surface area (Å²) in [7, 11) is 0. The van der Waals surface area contributed by atoms with E-state index in [2.05, 4.69) is 12.1 Å². The van der Waals surface area contributed by atoms with Gasteiger partial charge in [-0.1, -0.05) is 30.3 Å². The minimum Gasteiger partial charge on any atom is -0.381 e. The van der Waals surface area contributed by atoms with Crippen molar-refractivity contribution in [1.82, 2.24) is 0 Å². The van der Waals surface area contributed by atoms with Crippen molar-refractivity contribution in [2.24, 2.45) is 11.7 Å². The zero-order valence-electron chi connectivity index (χ0n) is 9.06. The Balaban J connectivity index is 1.79. The van der Waals surface area contributed by atoms with Crippen LogP contribution in [-0.4, -0.2) is 13.2 Å². The van der Waals surface area contributed by atoms with Crippen LogP contribution >= 0.6 is 0 Å². The van der Waals surface area contributed by atoms with Gasteiger partial charge in [-0.05, 0) is 30.7 Å². The second-order valence-electron chi connectivity index (χ2n) is 4.32. The third-order valence-electron chi connectivity index (χ3n) is 3.14. The van der Waals surface area contributed by atoms with E-state index < -0.39 is 0 Å². The number of nitrogens with two attached hydrogens (primary N) is 1. The molecule has 15 heavy (non-hydrogen) atoms. The van der Waals surface area contributed by atoms with Crippen LogP contribution in [0.4, 0.5) is 0 Å². The van der Waals surface area contributed by atoms with Crippen LogP contribution in [-0.2, 0) is 4.74 Å². The largest absolute Gasteiger partial charge is 0.381 e. The molecule has 2 unspecified atom stereocenters. The van der Waals surface area contributed by atoms with E-state index in [1.165, 1.54) is 18.4 Å². The highest BCUT2D eigenvalue weighted by Gasteiger charge is 2.16. The van der Waals surface area contributed by atoms with Crippen LogP contribution in [0.1, 0.15) is 30.9 Å². The Morgan fingerprint density at radius 1 is 1.33 bits per heavy atom. The summed E-state index contributed by atoms with van der Waals surface area (Å²) in [6.07, 6.45) is 3.47. The lowest BCUT2D eigenvalue weighted by molar-refractivity contribution is 0.183. The summed E-state index contributed by atoms with van der Waals surface area (Å²) in [5, 5.41) is 0. The van der Waals surface area contributed by atoms with Crippen LogP contribution in [0.5, 0.6) is 0 Å². The molecule has 1 aliphatic heterocycles. The third-order valence-corrected chi connectivity index (χ3v) is 3.14. The Morgan fingerprint density at radius 3 is 2.80 bits per heavy atom. The molecule has 0 amide bonds. The monoisotopic (exact) mass is 205 g/mol. The standard InChI is InChI=1S/C13H19NO/c14-13(12-4-2-1-3-5-12)7-6-11-8-9-15-10-11/h1-5,11,13H,6-10,14H2. The van der Waals surface area contributed by atoms with E-state index in [0.717, 1.165) is 25.6 Å². The fourth-order valence-electron chi connectivity index (χ4n) is 2.09. The Kier molecular flexibility index (Phi) is 3.75. The summed E-state index contributed by atoms with van der Waals surface area (Å²) in [4.78, 5) is 0. The molecular weight excluding hydrogens is 186 g/mol. The quantitative estimate of drug-likeness (QED) is 0.819. The second-order valence-corrected chi connectivity index (χ2v) is 4.32. The van der Waals surface area contributed by atoms with Crippen LogP contribution in [0.15, 0.2) is 30.3 Å². The van der Waals surface area contributed by atoms with Gasteiger partial charge in [0.15, 0.2) is 0 Å². The van der Waals surface area contributed by atoms with Crippen molar-refractivity contribution >= 4 is 0 Å². The van der Waals surface area contributed by atoms with Gasteiger partial charge in [0, 0.05) is 19.3 Å². The lowest BCUT2D eigenvalue weighted by atomic mass is 9.96. The van der Waals surface area contributed by atoms with Gasteiger partial charge in [-0.3, -0.25) is 0 Å². The molecule has 0 radical (unpaired) electrons. The van der Waals surface area contributed by atoms with E-state index in [-0.39, 0.29) is 6.04 Å². The summed E-state index contributed by atoms with van der Waals surface area (Å²) >= 11 is 0. The lowest BCUT2D eigenvalue weighted by Crippen LogP contribution is -2.12. The number of ether oxygens (including phenoxy) is 1. The van der Waals surface area contributed by atoms with Crippen molar-refractivity contribution in [3.05, 3.63) is 35.9 Å². The Labute approximate surface area is 91.4 Å². The molecule has 1 fully saturated rings. The predicted molar refractivity (Wildman–Crippen MR) is 61.5 cm³/mol. The summed E-state index contributed by atoms with van der Waals surface area (Å²) in [5.74, 6) is 0.736. The first-order valence-electron chi connectivity index (χ1n) is 5.74. The van der Waals surface area contributed by atoms with Crippen LogP contribution in [0.3, 0.4) is 0 Å². The van der Waals surface area contributed by atoms with Crippen LogP contribution in [0.2, 0.25) is 0 Å². The van der Waals surface area contributed by atoms with Gasteiger partial charge in [0.1, 0.15) is 0 Å². The minimum atomic E-state index is 0.187. The molecule has 0 saturated carbocycles. The molecular formula is C13H19NO. The number of hydrogen-bond donors (Lipinski definition) is 1. The van der Waals surface area contributed by atoms with Crippen molar-refractivity contribution in [3.63, 3.8) is 0 Å². The third kappa shape index (κ3) is 3.05. The molecule has 2 N–H and O–H groups in total. The highest BCUT2D eigenvalue weighted by Crippen LogP contribution is 2.23. The van der Waals surface area contributed by atoms with E-state index in [1.54, 1.807) is 0 Å². The molecule has 1 aromatic rings. The first kappa shape index (κ1) is 10.7. The molecule has 2 heteroatoms. The van der Waals surface area contributed by atoms with E-state index in [9.17, 15) is 0 Å². The molecule has 2 rings (SSSR count). The molecule has 0 aromatic heterocycles. The van der Waals surface area contributed by atoms with Crippen molar-refractivity contribution in [3.8, 4) is 0 Å². The minimum absolute atomic E-state index is 0.187. The van der Waals surface area contributed by atoms with Gasteiger partial charge in [-0.25, -0.2) is 0 Å². The highest BCUT2D eigenvalue weighted by molar-refractivity contribution is 5.18. The Bertz CT molecular complexity index is 280. The van der Waals surface area contributed by atoms with Crippen molar-refractivity contribution in [1.29, 1.82) is 0 Å². The first-order chi connectivity index (χ1) is 7.36. The molecule has 0 bridgehead atoms. The van der Waals surface area contributed by atoms with E-state index >= 15 is 0 Å². The average Bonchev–Trinajstić information content (AvgIpc) is 2.80. The fourth-order valence-corrected chi connectivity index (χ4v) is 2.09. The SMILES string of the molecule is NC(CCC1CCOC1)c1ccccc1. The van der Waals surface area contributed by atoms with Gasteiger partial charge in [0.05, 0.1) is 0 Å². The summed E-state index contributed by atoms with van der Waals surface area (Å²) in [5.41, 5.74) is 7.38. The zero-order valence-corrected chi connectivity index (χ0v) is 9.06. The topological polar surface area (TPSA) is 35.2 Å². The van der Waals surface area contributed by atoms with Gasteiger partial charge >= 0.3 is 0 Å². The maximum atomic E-state index is 6.13. The van der Waals surface area contributed by atoms with Crippen LogP contribution < -0.4 is 5.73 Å². The van der Waals surface area contributed by atoms with Crippen molar-refractivity contribution in [2.45, 2.75) is 25.3 Å². The van der Waals surface area contributed by atoms with Gasteiger partial charge < -0.3 is 10.5 Å². The van der Waals surface area contributed by atoms with E-state index in [4.69, 9.17) is 10.5 Å². The predicted octanol–water partition coefficient (Wildman–Crippen LogP) is 2.50. The Morgan fingerprint density at radius 2 is 2.13 bits per heavy atom. The normalized spacial score (nSPS) is 22.9. The molecule has 1 aromatic carbocycles. The highest BCUT2D eigenvalue weighted by atomic mass is 16.5. The van der Waals surface area contributed by atoms with E-state index in [0.29, 0.717) is 0 Å². The maximum absolute atomic E-state index is 6.13. The summed E-state index contributed by atoms with van der Waals surface area (Å²) < 4.78 is 5.35. The first-order valence-corrected chi connectivity index (χ1v) is 5.74. The number of benzene rings is 1. The molecule has 1 heterocycles. The van der Waals surface area contributed by atoms with Gasteiger partial charge in [0.25, 0.3) is 0 Å². The molecule has 2 atom stereocenters. The van der Waals surface area contributed by atoms with Gasteiger partial charge in [-0.15, -0.1) is 0 Å². The smallest absolute Gasteiger partial charge is 0.0495 e. The van der Waals surface area contributed by atoms with E-state index in [1.807, 2.05) is 18.2 Å². The van der Waals surface area contributed by atoms with Gasteiger partial charge in [-0.2, -0.15) is 0 Å². The number of hydrogen-bond acceptors (Lipinski definition) is 2. The zero-order chi connectivity index (χ0) is 10.5. The molecule has 0 spiro atoms. The molecule has 82 valence electrons. The molecule has 1 aliphatic rings. The lowest BCUT2D eigenvalue weighted by Gasteiger charge is -2.14.